The van der Waals surface area contributed by atoms with E-state index in [2.05, 4.69) is 12.2 Å². The van der Waals surface area contributed by atoms with Crippen molar-refractivity contribution < 1.29 is 44.0 Å². The Balaban J connectivity index is 1.14. The van der Waals surface area contributed by atoms with Gasteiger partial charge in [-0.2, -0.15) is 0 Å². The fourth-order valence-electron chi connectivity index (χ4n) is 8.95. The van der Waals surface area contributed by atoms with Gasteiger partial charge in [-0.1, -0.05) is 49.8 Å². The Hall–Kier alpha value is -3.37. The van der Waals surface area contributed by atoms with E-state index in [-0.39, 0.29) is 17.1 Å². The van der Waals surface area contributed by atoms with Crippen LogP contribution in [-0.2, 0) is 28.7 Å². The van der Waals surface area contributed by atoms with Crippen LogP contribution < -0.4 is 5.32 Å². The van der Waals surface area contributed by atoms with Gasteiger partial charge in [0.05, 0.1) is 6.42 Å². The molecule has 0 radical (unpaired) electrons. The first-order valence-electron chi connectivity index (χ1n) is 15.7. The third-order valence-corrected chi connectivity index (χ3v) is 11.5. The quantitative estimate of drug-likeness (QED) is 0.291. The van der Waals surface area contributed by atoms with Crippen LogP contribution in [-0.4, -0.2) is 63.0 Å². The monoisotopic (exact) mass is 609 g/mol. The molecule has 1 amide bonds. The number of Topliss-reactive ketones (excluding diaryl/α,β-unsaturated/α-hetero) is 1. The van der Waals surface area contributed by atoms with Crippen molar-refractivity contribution in [1.29, 1.82) is 0 Å². The number of ketones is 2. The Morgan fingerprint density at radius 2 is 1.68 bits per heavy atom. The number of benzene rings is 1. The summed E-state index contributed by atoms with van der Waals surface area (Å²) in [6.45, 7) is 3.67. The summed E-state index contributed by atoms with van der Waals surface area (Å²) in [5.74, 6) is -2.44. The number of carboxylic acid groups (broad SMARTS) is 1. The number of aliphatic carboxylic acids is 1. The van der Waals surface area contributed by atoms with Gasteiger partial charge < -0.3 is 25.4 Å². The zero-order valence-corrected chi connectivity index (χ0v) is 25.4. The molecule has 8 atom stereocenters. The number of carbonyl (C=O) groups is 5. The molecule has 0 unspecified atom stereocenters. The van der Waals surface area contributed by atoms with Gasteiger partial charge in [0, 0.05) is 18.3 Å². The normalized spacial score (nSPS) is 34.0. The highest BCUT2D eigenvalue weighted by Crippen LogP contribution is 2.67. The zero-order valence-electron chi connectivity index (χ0n) is 25.4. The Morgan fingerprint density at radius 1 is 0.977 bits per heavy atom. The van der Waals surface area contributed by atoms with Gasteiger partial charge in [0.15, 0.2) is 18.4 Å². The molecule has 0 spiro atoms. The minimum Gasteiger partial charge on any atom is -0.480 e. The van der Waals surface area contributed by atoms with Crippen LogP contribution in [0.15, 0.2) is 42.0 Å². The number of carboxylic acids is 1. The van der Waals surface area contributed by atoms with E-state index < -0.39 is 66.2 Å². The van der Waals surface area contributed by atoms with Crippen molar-refractivity contribution >= 4 is 29.4 Å². The molecule has 44 heavy (non-hydrogen) atoms. The number of amides is 1. The van der Waals surface area contributed by atoms with Gasteiger partial charge in [-0.05, 0) is 79.8 Å². The summed E-state index contributed by atoms with van der Waals surface area (Å²) >= 11 is 0. The van der Waals surface area contributed by atoms with Crippen molar-refractivity contribution in [3.8, 4) is 0 Å². The third-order valence-electron chi connectivity index (χ3n) is 11.5. The number of aliphatic hydroxyl groups excluding tert-OH is 1. The van der Waals surface area contributed by atoms with Gasteiger partial charge in [-0.3, -0.25) is 19.2 Å². The summed E-state index contributed by atoms with van der Waals surface area (Å²) in [6, 6.07) is 6.44. The van der Waals surface area contributed by atoms with Crippen LogP contribution in [0.4, 0.5) is 0 Å². The second-order valence-corrected chi connectivity index (χ2v) is 13.6. The van der Waals surface area contributed by atoms with E-state index in [9.17, 15) is 39.3 Å². The summed E-state index contributed by atoms with van der Waals surface area (Å²) < 4.78 is 5.20. The molecule has 5 rings (SSSR count). The Labute approximate surface area is 257 Å². The molecule has 1 aromatic rings. The maximum Gasteiger partial charge on any atom is 0.329 e. The fraction of sp³-hybridized carbons (Fsp3) is 0.618. The number of nitrogens with one attached hydrogen (secondary N) is 1. The maximum absolute atomic E-state index is 13.4. The van der Waals surface area contributed by atoms with Gasteiger partial charge in [0.2, 0.25) is 11.7 Å². The molecular formula is C34H43NO9. The molecular weight excluding hydrogens is 566 g/mol. The number of aliphatic hydroxyl groups is 2. The van der Waals surface area contributed by atoms with E-state index in [1.807, 2.05) is 13.0 Å². The second kappa shape index (κ2) is 12.2. The SMILES string of the molecule is C[C@]12CCC(=O)C=C1CC[C@H]1[C@@H]2CC[C@]2(C)[C@H]1CC[C@]2(O)C(=O)COC(=O)CCC(=O)N[C@@H](C(=O)O)[C@@H](O)c1ccccc1. The molecule has 1 aromatic carbocycles. The summed E-state index contributed by atoms with van der Waals surface area (Å²) in [7, 11) is 0. The van der Waals surface area contributed by atoms with Crippen LogP contribution in [0.2, 0.25) is 0 Å². The Bertz CT molecular complexity index is 1360. The highest BCUT2D eigenvalue weighted by atomic mass is 16.5. The lowest BCUT2D eigenvalue weighted by atomic mass is 9.46. The lowest BCUT2D eigenvalue weighted by Gasteiger charge is -2.58. The molecule has 4 aliphatic rings. The number of hydrogen-bond acceptors (Lipinski definition) is 8. The van der Waals surface area contributed by atoms with Gasteiger partial charge >= 0.3 is 11.9 Å². The van der Waals surface area contributed by atoms with Gasteiger partial charge in [0.25, 0.3) is 0 Å². The fourth-order valence-corrected chi connectivity index (χ4v) is 8.95. The van der Waals surface area contributed by atoms with Crippen LogP contribution in [0.5, 0.6) is 0 Å². The number of fused-ring (bicyclic) bond motifs is 5. The molecule has 4 N–H and O–H groups in total. The first-order valence-corrected chi connectivity index (χ1v) is 15.7. The lowest BCUT2D eigenvalue weighted by Crippen LogP contribution is -2.58. The minimum atomic E-state index is -1.62. The average Bonchev–Trinajstić information content (AvgIpc) is 3.29. The zero-order chi connectivity index (χ0) is 31.9. The van der Waals surface area contributed by atoms with Crippen LogP contribution in [0.3, 0.4) is 0 Å². The van der Waals surface area contributed by atoms with Crippen LogP contribution in [0, 0.1) is 28.6 Å². The first-order chi connectivity index (χ1) is 20.8. The number of ether oxygens (including phenoxy) is 1. The van der Waals surface area contributed by atoms with Crippen LogP contribution >= 0.6 is 0 Å². The molecule has 0 heterocycles. The molecule has 0 aromatic heterocycles. The van der Waals surface area contributed by atoms with Crippen molar-refractivity contribution in [3.05, 3.63) is 47.5 Å². The van der Waals surface area contributed by atoms with E-state index in [0.717, 1.165) is 25.7 Å². The maximum atomic E-state index is 13.4. The largest absolute Gasteiger partial charge is 0.480 e. The van der Waals surface area contributed by atoms with Gasteiger partial charge in [-0.25, -0.2) is 4.79 Å². The Kier molecular flexibility index (Phi) is 8.88. The standard InChI is InChI=1S/C34H43NO9/c1-32-15-12-22(36)18-21(32)8-9-23-24(32)13-16-33(2)25(23)14-17-34(33,43)26(37)19-44-28(39)11-10-27(38)35-29(31(41)42)30(40)20-6-4-3-5-7-20/h3-7,18,23-25,29-30,40,43H,8-17,19H2,1-2H3,(H,35,38)(H,41,42)/t23-,24-,25-,29+,30-,32-,33+,34-/m0/s1. The minimum absolute atomic E-state index is 0.0190. The molecule has 0 saturated heterocycles. The number of carbonyl (C=O) groups excluding carboxylic acids is 4. The summed E-state index contributed by atoms with van der Waals surface area (Å²) in [5, 5.41) is 34.0. The van der Waals surface area contributed by atoms with E-state index >= 15 is 0 Å². The summed E-state index contributed by atoms with van der Waals surface area (Å²) in [4.78, 5) is 62.1. The van der Waals surface area contributed by atoms with Gasteiger partial charge in [-0.15, -0.1) is 0 Å². The number of rotatable bonds is 10. The summed E-state index contributed by atoms with van der Waals surface area (Å²) in [6.07, 6.45) is 5.34. The molecule has 3 fully saturated rings. The highest BCUT2D eigenvalue weighted by molar-refractivity contribution is 5.92. The molecule has 3 saturated carbocycles. The Morgan fingerprint density at radius 3 is 2.39 bits per heavy atom. The molecule has 10 heteroatoms. The number of hydrogen-bond donors (Lipinski definition) is 4. The van der Waals surface area contributed by atoms with E-state index in [1.165, 1.54) is 17.7 Å². The van der Waals surface area contributed by atoms with Crippen molar-refractivity contribution in [2.24, 2.45) is 28.6 Å². The topological polar surface area (TPSA) is 167 Å². The smallest absolute Gasteiger partial charge is 0.329 e. The molecule has 0 bridgehead atoms. The highest BCUT2D eigenvalue weighted by Gasteiger charge is 2.66. The second-order valence-electron chi connectivity index (χ2n) is 13.6. The average molecular weight is 610 g/mol. The first kappa shape index (κ1) is 32.0. The predicted molar refractivity (Wildman–Crippen MR) is 158 cm³/mol. The number of esters is 1. The number of allylic oxidation sites excluding steroid dienone is 1. The van der Waals surface area contributed by atoms with Crippen molar-refractivity contribution in [2.75, 3.05) is 6.61 Å². The van der Waals surface area contributed by atoms with E-state index in [0.29, 0.717) is 43.1 Å². The summed E-state index contributed by atoms with van der Waals surface area (Å²) in [5.41, 5.74) is -0.714. The molecule has 4 aliphatic carbocycles. The molecule has 10 nitrogen and oxygen atoms in total. The molecule has 238 valence electrons. The van der Waals surface area contributed by atoms with E-state index in [4.69, 9.17) is 4.74 Å². The van der Waals surface area contributed by atoms with Crippen LogP contribution in [0.1, 0.15) is 89.7 Å². The lowest BCUT2D eigenvalue weighted by molar-refractivity contribution is -0.170. The van der Waals surface area contributed by atoms with Crippen molar-refractivity contribution in [3.63, 3.8) is 0 Å². The van der Waals surface area contributed by atoms with Crippen molar-refractivity contribution in [2.45, 2.75) is 95.8 Å². The van der Waals surface area contributed by atoms with Crippen LogP contribution in [0.25, 0.3) is 0 Å². The van der Waals surface area contributed by atoms with E-state index in [1.54, 1.807) is 18.2 Å². The van der Waals surface area contributed by atoms with Gasteiger partial charge in [0.1, 0.15) is 11.7 Å². The predicted octanol–water partition coefficient (Wildman–Crippen LogP) is 3.44. The molecule has 0 aliphatic heterocycles. The van der Waals surface area contributed by atoms with Crippen molar-refractivity contribution in [1.82, 2.24) is 5.32 Å². The third kappa shape index (κ3) is 5.62.